The third kappa shape index (κ3) is 2.96. The molecule has 0 amide bonds. The normalized spacial score (nSPS) is 10.3. The number of benzene rings is 1. The Balaban J connectivity index is 2.33. The standard InChI is InChI=1S/C13H15BrN4O/c1-3-9-12(15)16-7-17-13(9)18-8-4-5-10(14)11(6-8)19-2/h4-7H,3H2,1-2H3,(H3,15,16,17,18). The van der Waals surface area contributed by atoms with Gasteiger partial charge in [-0.15, -0.1) is 0 Å². The summed E-state index contributed by atoms with van der Waals surface area (Å²) >= 11 is 3.42. The first-order valence-corrected chi connectivity index (χ1v) is 6.65. The molecule has 0 radical (unpaired) electrons. The van der Waals surface area contributed by atoms with Crippen molar-refractivity contribution in [1.82, 2.24) is 9.97 Å². The van der Waals surface area contributed by atoms with Crippen LogP contribution in [0.2, 0.25) is 0 Å². The summed E-state index contributed by atoms with van der Waals surface area (Å²) in [4.78, 5) is 8.22. The molecular formula is C13H15BrN4O. The van der Waals surface area contributed by atoms with Gasteiger partial charge < -0.3 is 15.8 Å². The Bertz CT molecular complexity index is 589. The third-order valence-corrected chi connectivity index (χ3v) is 3.40. The van der Waals surface area contributed by atoms with Crippen molar-refractivity contribution in [3.63, 3.8) is 0 Å². The minimum Gasteiger partial charge on any atom is -0.495 e. The van der Waals surface area contributed by atoms with Gasteiger partial charge in [0.1, 0.15) is 23.7 Å². The molecule has 0 bridgehead atoms. The summed E-state index contributed by atoms with van der Waals surface area (Å²) in [5.41, 5.74) is 7.63. The van der Waals surface area contributed by atoms with Crippen LogP contribution in [-0.2, 0) is 6.42 Å². The second kappa shape index (κ2) is 5.88. The first kappa shape index (κ1) is 13.6. The van der Waals surface area contributed by atoms with E-state index >= 15 is 0 Å². The van der Waals surface area contributed by atoms with E-state index in [-0.39, 0.29) is 0 Å². The lowest BCUT2D eigenvalue weighted by Crippen LogP contribution is -2.04. The highest BCUT2D eigenvalue weighted by Crippen LogP contribution is 2.30. The zero-order valence-electron chi connectivity index (χ0n) is 10.8. The number of nitrogens with two attached hydrogens (primary N) is 1. The molecule has 0 spiro atoms. The Morgan fingerprint density at radius 1 is 1.37 bits per heavy atom. The lowest BCUT2D eigenvalue weighted by atomic mass is 10.2. The summed E-state index contributed by atoms with van der Waals surface area (Å²) in [6, 6.07) is 5.74. The Hall–Kier alpha value is -1.82. The summed E-state index contributed by atoms with van der Waals surface area (Å²) in [7, 11) is 1.63. The van der Waals surface area contributed by atoms with Gasteiger partial charge in [0, 0.05) is 17.3 Å². The van der Waals surface area contributed by atoms with Crippen molar-refractivity contribution in [1.29, 1.82) is 0 Å². The fourth-order valence-electron chi connectivity index (χ4n) is 1.76. The topological polar surface area (TPSA) is 73.1 Å². The van der Waals surface area contributed by atoms with Crippen LogP contribution in [0.15, 0.2) is 29.0 Å². The van der Waals surface area contributed by atoms with Crippen LogP contribution in [0, 0.1) is 0 Å². The molecule has 1 aromatic carbocycles. The van der Waals surface area contributed by atoms with Crippen molar-refractivity contribution >= 4 is 33.3 Å². The second-order valence-corrected chi connectivity index (χ2v) is 4.77. The Labute approximate surface area is 120 Å². The molecule has 2 aromatic rings. The van der Waals surface area contributed by atoms with Crippen LogP contribution in [0.25, 0.3) is 0 Å². The zero-order valence-corrected chi connectivity index (χ0v) is 12.4. The molecule has 0 saturated heterocycles. The predicted molar refractivity (Wildman–Crippen MR) is 79.8 cm³/mol. The van der Waals surface area contributed by atoms with E-state index in [1.807, 2.05) is 25.1 Å². The van der Waals surface area contributed by atoms with Crippen molar-refractivity contribution < 1.29 is 4.74 Å². The highest BCUT2D eigenvalue weighted by molar-refractivity contribution is 9.10. The summed E-state index contributed by atoms with van der Waals surface area (Å²) in [6.07, 6.45) is 2.22. The average Bonchev–Trinajstić information content (AvgIpc) is 2.41. The number of aromatic nitrogens is 2. The first-order chi connectivity index (χ1) is 9.15. The van der Waals surface area contributed by atoms with Crippen LogP contribution in [0.3, 0.4) is 0 Å². The molecular weight excluding hydrogens is 308 g/mol. The molecule has 0 aliphatic heterocycles. The summed E-state index contributed by atoms with van der Waals surface area (Å²) in [5.74, 6) is 1.98. The maximum absolute atomic E-state index is 5.84. The number of rotatable bonds is 4. The molecule has 5 nitrogen and oxygen atoms in total. The molecule has 0 unspecified atom stereocenters. The van der Waals surface area contributed by atoms with Crippen molar-refractivity contribution in [3.05, 3.63) is 34.6 Å². The Kier molecular flexibility index (Phi) is 4.21. The highest BCUT2D eigenvalue weighted by Gasteiger charge is 2.08. The van der Waals surface area contributed by atoms with E-state index in [0.29, 0.717) is 5.82 Å². The maximum Gasteiger partial charge on any atom is 0.139 e. The summed E-state index contributed by atoms with van der Waals surface area (Å²) in [5, 5.41) is 3.23. The van der Waals surface area contributed by atoms with Gasteiger partial charge in [-0.2, -0.15) is 0 Å². The lowest BCUT2D eigenvalue weighted by Gasteiger charge is -2.12. The Morgan fingerprint density at radius 3 is 2.84 bits per heavy atom. The predicted octanol–water partition coefficient (Wildman–Crippen LogP) is 3.14. The SMILES string of the molecule is CCc1c(N)ncnc1Nc1ccc(Br)c(OC)c1. The van der Waals surface area contributed by atoms with Gasteiger partial charge in [0.25, 0.3) is 0 Å². The van der Waals surface area contributed by atoms with Crippen molar-refractivity contribution in [2.75, 3.05) is 18.2 Å². The van der Waals surface area contributed by atoms with Crippen molar-refractivity contribution in [2.24, 2.45) is 0 Å². The van der Waals surface area contributed by atoms with Gasteiger partial charge in [0.05, 0.1) is 11.6 Å². The Morgan fingerprint density at radius 2 is 2.16 bits per heavy atom. The molecule has 100 valence electrons. The summed E-state index contributed by atoms with van der Waals surface area (Å²) in [6.45, 7) is 2.02. The second-order valence-electron chi connectivity index (χ2n) is 3.91. The highest BCUT2D eigenvalue weighted by atomic mass is 79.9. The molecule has 6 heteroatoms. The lowest BCUT2D eigenvalue weighted by molar-refractivity contribution is 0.412. The van der Waals surface area contributed by atoms with Crippen LogP contribution in [0.4, 0.5) is 17.3 Å². The van der Waals surface area contributed by atoms with Crippen LogP contribution < -0.4 is 15.8 Å². The number of methoxy groups -OCH3 is 1. The van der Waals surface area contributed by atoms with Crippen molar-refractivity contribution in [2.45, 2.75) is 13.3 Å². The molecule has 0 saturated carbocycles. The van der Waals surface area contributed by atoms with Crippen LogP contribution in [0.5, 0.6) is 5.75 Å². The molecule has 0 aliphatic rings. The maximum atomic E-state index is 5.84. The monoisotopic (exact) mass is 322 g/mol. The third-order valence-electron chi connectivity index (χ3n) is 2.75. The first-order valence-electron chi connectivity index (χ1n) is 5.85. The van der Waals surface area contributed by atoms with E-state index in [2.05, 4.69) is 31.2 Å². The molecule has 2 rings (SSSR count). The minimum atomic E-state index is 0.504. The quantitative estimate of drug-likeness (QED) is 0.904. The summed E-state index contributed by atoms with van der Waals surface area (Å²) < 4.78 is 6.16. The number of nitrogens with one attached hydrogen (secondary N) is 1. The fraction of sp³-hybridized carbons (Fsp3) is 0.231. The molecule has 0 aliphatic carbocycles. The van der Waals surface area contributed by atoms with Crippen molar-refractivity contribution in [3.8, 4) is 5.75 Å². The number of halogens is 1. The van der Waals surface area contributed by atoms with Gasteiger partial charge in [-0.3, -0.25) is 0 Å². The molecule has 0 fully saturated rings. The zero-order chi connectivity index (χ0) is 13.8. The van der Waals surface area contributed by atoms with Crippen LogP contribution in [-0.4, -0.2) is 17.1 Å². The van der Waals surface area contributed by atoms with Gasteiger partial charge in [0.15, 0.2) is 0 Å². The number of ether oxygens (including phenoxy) is 1. The number of hydrogen-bond donors (Lipinski definition) is 2. The van der Waals surface area contributed by atoms with Gasteiger partial charge >= 0.3 is 0 Å². The molecule has 0 atom stereocenters. The molecule has 19 heavy (non-hydrogen) atoms. The van der Waals surface area contributed by atoms with E-state index in [4.69, 9.17) is 10.5 Å². The van der Waals surface area contributed by atoms with E-state index in [0.717, 1.165) is 33.7 Å². The van der Waals surface area contributed by atoms with E-state index in [1.54, 1.807) is 7.11 Å². The number of nitrogen functional groups attached to an aromatic ring is 1. The van der Waals surface area contributed by atoms with Crippen LogP contribution >= 0.6 is 15.9 Å². The largest absolute Gasteiger partial charge is 0.495 e. The number of anilines is 3. The smallest absolute Gasteiger partial charge is 0.139 e. The van der Waals surface area contributed by atoms with Gasteiger partial charge in [-0.05, 0) is 34.5 Å². The minimum absolute atomic E-state index is 0.504. The number of nitrogens with zero attached hydrogens (tertiary/aromatic N) is 2. The van der Waals surface area contributed by atoms with Gasteiger partial charge in [-0.1, -0.05) is 6.92 Å². The molecule has 1 heterocycles. The van der Waals surface area contributed by atoms with Crippen LogP contribution in [0.1, 0.15) is 12.5 Å². The number of hydrogen-bond acceptors (Lipinski definition) is 5. The van der Waals surface area contributed by atoms with Gasteiger partial charge in [0.2, 0.25) is 0 Å². The molecule has 3 N–H and O–H groups in total. The fourth-order valence-corrected chi connectivity index (χ4v) is 2.16. The van der Waals surface area contributed by atoms with E-state index in [9.17, 15) is 0 Å². The van der Waals surface area contributed by atoms with E-state index < -0.39 is 0 Å². The molecule has 1 aromatic heterocycles. The van der Waals surface area contributed by atoms with Gasteiger partial charge in [-0.25, -0.2) is 9.97 Å². The van der Waals surface area contributed by atoms with E-state index in [1.165, 1.54) is 6.33 Å². The average molecular weight is 323 g/mol.